The lowest BCUT2D eigenvalue weighted by Gasteiger charge is -2.02. The minimum atomic E-state index is -3.45. The fraction of sp³-hybridized carbons (Fsp3) is 0.750. The van der Waals surface area contributed by atoms with Gasteiger partial charge in [-0.25, -0.2) is 4.72 Å². The summed E-state index contributed by atoms with van der Waals surface area (Å²) in [5.74, 6) is -0.585. The van der Waals surface area contributed by atoms with E-state index < -0.39 is 22.2 Å². The molecular formula is C4H8N2O4S. The monoisotopic (exact) mass is 180 g/mol. The Bertz CT molecular complexity index is 259. The van der Waals surface area contributed by atoms with E-state index >= 15 is 0 Å². The summed E-state index contributed by atoms with van der Waals surface area (Å²) in [6, 6.07) is -0.787. The number of carbonyl (C=O) groups excluding carboxylic acids is 1. The second-order valence-electron chi connectivity index (χ2n) is 2.05. The molecule has 64 valence electrons. The molecular weight excluding hydrogens is 172 g/mol. The van der Waals surface area contributed by atoms with Gasteiger partial charge in [0.1, 0.15) is 6.04 Å². The van der Waals surface area contributed by atoms with Gasteiger partial charge in [0.2, 0.25) is 0 Å². The van der Waals surface area contributed by atoms with Crippen molar-refractivity contribution < 1.29 is 17.9 Å². The Morgan fingerprint density at radius 3 is 2.64 bits per heavy atom. The lowest BCUT2D eigenvalue weighted by atomic mass is 10.3. The summed E-state index contributed by atoms with van der Waals surface area (Å²) < 4.78 is 29.8. The van der Waals surface area contributed by atoms with Crippen LogP contribution in [0.4, 0.5) is 0 Å². The summed E-state index contributed by atoms with van der Waals surface area (Å²) in [6.45, 7) is 0.0506. The zero-order valence-corrected chi connectivity index (χ0v) is 6.64. The maximum atomic E-state index is 10.7. The van der Waals surface area contributed by atoms with Crippen LogP contribution in [0.1, 0.15) is 0 Å². The predicted octanol–water partition coefficient (Wildman–Crippen LogP) is -2.03. The minimum absolute atomic E-state index is 0.0506. The van der Waals surface area contributed by atoms with Crippen molar-refractivity contribution in [1.29, 1.82) is 0 Å². The second-order valence-corrected chi connectivity index (χ2v) is 3.58. The Labute approximate surface area is 64.1 Å². The van der Waals surface area contributed by atoms with E-state index in [1.54, 1.807) is 0 Å². The Kier molecular flexibility index (Phi) is 2.12. The standard InChI is InChI=1S/C4H8N2O4S/c1-10-4(7)3-2-5-11(8,9)6-3/h3,5-6H,2H2,1H3. The molecule has 1 aliphatic rings. The molecule has 0 amide bonds. The van der Waals surface area contributed by atoms with E-state index in [0.717, 1.165) is 0 Å². The molecule has 1 aliphatic heterocycles. The van der Waals surface area contributed by atoms with Crippen LogP contribution in [0.5, 0.6) is 0 Å². The van der Waals surface area contributed by atoms with Crippen LogP contribution >= 0.6 is 0 Å². The maximum Gasteiger partial charge on any atom is 0.325 e. The van der Waals surface area contributed by atoms with Gasteiger partial charge in [0.05, 0.1) is 7.11 Å². The number of rotatable bonds is 1. The van der Waals surface area contributed by atoms with Gasteiger partial charge in [0, 0.05) is 6.54 Å². The largest absolute Gasteiger partial charge is 0.468 e. The van der Waals surface area contributed by atoms with Crippen LogP contribution in [0, 0.1) is 0 Å². The van der Waals surface area contributed by atoms with E-state index in [0.29, 0.717) is 0 Å². The molecule has 0 spiro atoms. The Balaban J connectivity index is 2.62. The summed E-state index contributed by atoms with van der Waals surface area (Å²) >= 11 is 0. The van der Waals surface area contributed by atoms with Gasteiger partial charge in [-0.3, -0.25) is 4.79 Å². The van der Waals surface area contributed by atoms with Crippen LogP contribution in [0.25, 0.3) is 0 Å². The average Bonchev–Trinajstić information content (AvgIpc) is 2.29. The number of ether oxygens (including phenoxy) is 1. The average molecular weight is 180 g/mol. The van der Waals surface area contributed by atoms with Crippen molar-refractivity contribution in [2.75, 3.05) is 13.7 Å². The first-order chi connectivity index (χ1) is 5.05. The molecule has 0 aromatic carbocycles. The van der Waals surface area contributed by atoms with E-state index in [2.05, 4.69) is 14.2 Å². The summed E-state index contributed by atoms with van der Waals surface area (Å²) in [7, 11) is -2.25. The summed E-state index contributed by atoms with van der Waals surface area (Å²) in [4.78, 5) is 10.7. The zero-order chi connectivity index (χ0) is 8.48. The van der Waals surface area contributed by atoms with E-state index in [4.69, 9.17) is 0 Å². The Morgan fingerprint density at radius 2 is 2.27 bits per heavy atom. The third kappa shape index (κ3) is 1.88. The normalized spacial score (nSPS) is 28.3. The summed E-state index contributed by atoms with van der Waals surface area (Å²) in [5, 5.41) is 0. The number of carbonyl (C=O) groups is 1. The van der Waals surface area contributed by atoms with Crippen molar-refractivity contribution in [3.05, 3.63) is 0 Å². The van der Waals surface area contributed by atoms with Crippen molar-refractivity contribution in [2.24, 2.45) is 0 Å². The first-order valence-corrected chi connectivity index (χ1v) is 4.38. The van der Waals surface area contributed by atoms with Crippen LogP contribution in [0.3, 0.4) is 0 Å². The molecule has 0 saturated carbocycles. The molecule has 1 rings (SSSR count). The number of methoxy groups -OCH3 is 1. The highest BCUT2D eigenvalue weighted by Crippen LogP contribution is 1.96. The highest BCUT2D eigenvalue weighted by atomic mass is 32.2. The van der Waals surface area contributed by atoms with Gasteiger partial charge in [-0.1, -0.05) is 0 Å². The number of esters is 1. The third-order valence-electron chi connectivity index (χ3n) is 1.26. The molecule has 2 N–H and O–H groups in total. The summed E-state index contributed by atoms with van der Waals surface area (Å²) in [6.07, 6.45) is 0. The Hall–Kier alpha value is -0.660. The molecule has 11 heavy (non-hydrogen) atoms. The van der Waals surface area contributed by atoms with Gasteiger partial charge in [-0.2, -0.15) is 13.1 Å². The summed E-state index contributed by atoms with van der Waals surface area (Å²) in [5.41, 5.74) is 0. The van der Waals surface area contributed by atoms with Gasteiger partial charge >= 0.3 is 5.97 Å². The molecule has 7 heteroatoms. The van der Waals surface area contributed by atoms with E-state index in [1.165, 1.54) is 7.11 Å². The number of hydrogen-bond donors (Lipinski definition) is 2. The zero-order valence-electron chi connectivity index (χ0n) is 5.83. The molecule has 0 bridgehead atoms. The van der Waals surface area contributed by atoms with Gasteiger partial charge < -0.3 is 4.74 Å². The van der Waals surface area contributed by atoms with Gasteiger partial charge in [0.15, 0.2) is 0 Å². The van der Waals surface area contributed by atoms with Crippen molar-refractivity contribution >= 4 is 16.2 Å². The van der Waals surface area contributed by atoms with Crippen molar-refractivity contribution in [3.63, 3.8) is 0 Å². The first kappa shape index (κ1) is 8.44. The fourth-order valence-corrected chi connectivity index (χ4v) is 1.76. The minimum Gasteiger partial charge on any atom is -0.468 e. The third-order valence-corrected chi connectivity index (χ3v) is 2.40. The van der Waals surface area contributed by atoms with E-state index in [-0.39, 0.29) is 6.54 Å². The topological polar surface area (TPSA) is 84.5 Å². The molecule has 0 aromatic heterocycles. The molecule has 1 atom stereocenters. The van der Waals surface area contributed by atoms with Crippen LogP contribution in [0.15, 0.2) is 0 Å². The maximum absolute atomic E-state index is 10.7. The molecule has 0 radical (unpaired) electrons. The van der Waals surface area contributed by atoms with Crippen molar-refractivity contribution in [1.82, 2.24) is 9.44 Å². The molecule has 1 fully saturated rings. The molecule has 1 heterocycles. The molecule has 1 unspecified atom stereocenters. The van der Waals surface area contributed by atoms with Crippen LogP contribution in [-0.2, 0) is 19.7 Å². The highest BCUT2D eigenvalue weighted by molar-refractivity contribution is 7.87. The number of nitrogens with one attached hydrogen (secondary N) is 2. The van der Waals surface area contributed by atoms with Crippen LogP contribution in [-0.4, -0.2) is 34.1 Å². The quantitative estimate of drug-likeness (QED) is 0.455. The van der Waals surface area contributed by atoms with E-state index in [9.17, 15) is 13.2 Å². The van der Waals surface area contributed by atoms with E-state index in [1.807, 2.05) is 0 Å². The second kappa shape index (κ2) is 2.76. The van der Waals surface area contributed by atoms with Crippen LogP contribution in [0.2, 0.25) is 0 Å². The molecule has 1 saturated heterocycles. The number of hydrogen-bond acceptors (Lipinski definition) is 4. The Morgan fingerprint density at radius 1 is 1.64 bits per heavy atom. The molecule has 6 nitrogen and oxygen atoms in total. The lowest BCUT2D eigenvalue weighted by Crippen LogP contribution is -2.35. The smallest absolute Gasteiger partial charge is 0.325 e. The van der Waals surface area contributed by atoms with Crippen molar-refractivity contribution in [2.45, 2.75) is 6.04 Å². The van der Waals surface area contributed by atoms with Gasteiger partial charge in [-0.05, 0) is 0 Å². The fourth-order valence-electron chi connectivity index (χ4n) is 0.737. The molecule has 0 aliphatic carbocycles. The predicted molar refractivity (Wildman–Crippen MR) is 35.9 cm³/mol. The van der Waals surface area contributed by atoms with Crippen molar-refractivity contribution in [3.8, 4) is 0 Å². The molecule has 0 aromatic rings. The SMILES string of the molecule is COC(=O)C1CNS(=O)(=O)N1. The first-order valence-electron chi connectivity index (χ1n) is 2.90. The highest BCUT2D eigenvalue weighted by Gasteiger charge is 2.31. The van der Waals surface area contributed by atoms with Gasteiger partial charge in [0.25, 0.3) is 10.2 Å². The van der Waals surface area contributed by atoms with Crippen LogP contribution < -0.4 is 9.44 Å². The van der Waals surface area contributed by atoms with Gasteiger partial charge in [-0.15, -0.1) is 0 Å². The lowest BCUT2D eigenvalue weighted by molar-refractivity contribution is -0.142.